The molecule has 0 aliphatic carbocycles. The van der Waals surface area contributed by atoms with Crippen molar-refractivity contribution in [3.8, 4) is 0 Å². The van der Waals surface area contributed by atoms with Crippen LogP contribution in [0.2, 0.25) is 5.02 Å². The molecule has 0 aliphatic heterocycles. The van der Waals surface area contributed by atoms with Crippen LogP contribution in [-0.4, -0.2) is 5.78 Å². The number of hydrogen-bond donors (Lipinski definition) is 0. The third-order valence-corrected chi connectivity index (χ3v) is 2.78. The molecular formula is C9H8BrClO. The van der Waals surface area contributed by atoms with Gasteiger partial charge in [0.05, 0.1) is 10.6 Å². The molecule has 0 aromatic heterocycles. The number of ketones is 1. The van der Waals surface area contributed by atoms with Crippen LogP contribution in [-0.2, 0) is 0 Å². The lowest BCUT2D eigenvalue weighted by molar-refractivity contribution is 0.101. The molecule has 0 heterocycles. The average molecular weight is 248 g/mol. The Labute approximate surface area is 84.9 Å². The molecule has 0 fully saturated rings. The summed E-state index contributed by atoms with van der Waals surface area (Å²) in [5.41, 5.74) is 1.49. The van der Waals surface area contributed by atoms with Crippen molar-refractivity contribution in [3.05, 3.63) is 32.8 Å². The van der Waals surface area contributed by atoms with Gasteiger partial charge in [-0.2, -0.15) is 0 Å². The van der Waals surface area contributed by atoms with E-state index < -0.39 is 0 Å². The van der Waals surface area contributed by atoms with Gasteiger partial charge in [0.15, 0.2) is 5.78 Å². The van der Waals surface area contributed by atoms with Crippen LogP contribution < -0.4 is 0 Å². The summed E-state index contributed by atoms with van der Waals surface area (Å²) in [6.45, 7) is 3.38. The Morgan fingerprint density at radius 2 is 2.08 bits per heavy atom. The van der Waals surface area contributed by atoms with Gasteiger partial charge in [-0.3, -0.25) is 4.79 Å². The van der Waals surface area contributed by atoms with Crippen molar-refractivity contribution in [3.63, 3.8) is 0 Å². The van der Waals surface area contributed by atoms with Crippen molar-refractivity contribution in [2.45, 2.75) is 13.8 Å². The van der Waals surface area contributed by atoms with Gasteiger partial charge in [0.1, 0.15) is 0 Å². The van der Waals surface area contributed by atoms with Crippen LogP contribution in [0.5, 0.6) is 0 Å². The summed E-state index contributed by atoms with van der Waals surface area (Å²) in [6, 6.07) is 3.71. The number of halogens is 2. The highest BCUT2D eigenvalue weighted by atomic mass is 79.9. The number of hydrogen-bond acceptors (Lipinski definition) is 1. The van der Waals surface area contributed by atoms with Crippen LogP contribution in [0.1, 0.15) is 22.8 Å². The third kappa shape index (κ3) is 1.70. The van der Waals surface area contributed by atoms with E-state index in [1.54, 1.807) is 0 Å². The molecule has 0 radical (unpaired) electrons. The van der Waals surface area contributed by atoms with Gasteiger partial charge in [-0.25, -0.2) is 0 Å². The molecule has 3 heteroatoms. The Bertz CT molecular complexity index is 334. The maximum absolute atomic E-state index is 11.1. The van der Waals surface area contributed by atoms with E-state index in [1.807, 2.05) is 19.1 Å². The zero-order valence-electron chi connectivity index (χ0n) is 6.82. The molecular weight excluding hydrogens is 239 g/mol. The van der Waals surface area contributed by atoms with Crippen LogP contribution in [0.3, 0.4) is 0 Å². The molecule has 1 rings (SSSR count). The number of benzene rings is 1. The van der Waals surface area contributed by atoms with Crippen molar-refractivity contribution >= 4 is 33.3 Å². The molecule has 1 aromatic rings. The Kier molecular flexibility index (Phi) is 2.91. The quantitative estimate of drug-likeness (QED) is 0.693. The molecule has 0 amide bonds. The van der Waals surface area contributed by atoms with Gasteiger partial charge in [0.2, 0.25) is 0 Å². The Balaban J connectivity index is 3.43. The maximum atomic E-state index is 11.1. The molecule has 64 valence electrons. The second-order valence-electron chi connectivity index (χ2n) is 2.61. The summed E-state index contributed by atoms with van der Waals surface area (Å²) in [5.74, 6) is -0.0180. The van der Waals surface area contributed by atoms with Gasteiger partial charge in [-0.15, -0.1) is 0 Å². The first-order valence-corrected chi connectivity index (χ1v) is 4.66. The van der Waals surface area contributed by atoms with Crippen molar-refractivity contribution < 1.29 is 4.79 Å². The SMILES string of the molecule is CC(=O)c1c(Br)ccc(C)c1Cl. The second-order valence-corrected chi connectivity index (χ2v) is 3.84. The molecule has 0 bridgehead atoms. The summed E-state index contributed by atoms with van der Waals surface area (Å²) >= 11 is 9.22. The third-order valence-electron chi connectivity index (χ3n) is 1.64. The fourth-order valence-corrected chi connectivity index (χ4v) is 2.00. The van der Waals surface area contributed by atoms with E-state index in [9.17, 15) is 4.79 Å². The molecule has 1 aromatic carbocycles. The Morgan fingerprint density at radius 1 is 1.50 bits per heavy atom. The summed E-state index contributed by atoms with van der Waals surface area (Å²) in [7, 11) is 0. The first-order valence-electron chi connectivity index (χ1n) is 3.49. The molecule has 0 N–H and O–H groups in total. The van der Waals surface area contributed by atoms with Gasteiger partial charge in [0.25, 0.3) is 0 Å². The smallest absolute Gasteiger partial charge is 0.162 e. The van der Waals surface area contributed by atoms with Gasteiger partial charge >= 0.3 is 0 Å². The van der Waals surface area contributed by atoms with Gasteiger partial charge in [0, 0.05) is 4.47 Å². The van der Waals surface area contributed by atoms with Crippen LogP contribution in [0.4, 0.5) is 0 Å². The fraction of sp³-hybridized carbons (Fsp3) is 0.222. The summed E-state index contributed by atoms with van der Waals surface area (Å²) in [4.78, 5) is 11.1. The second kappa shape index (κ2) is 3.58. The van der Waals surface area contributed by atoms with Crippen LogP contribution in [0.25, 0.3) is 0 Å². The zero-order valence-corrected chi connectivity index (χ0v) is 9.16. The van der Waals surface area contributed by atoms with E-state index in [-0.39, 0.29) is 5.78 Å². The molecule has 0 unspecified atom stereocenters. The molecule has 0 atom stereocenters. The molecule has 0 saturated carbocycles. The lowest BCUT2D eigenvalue weighted by Crippen LogP contribution is -1.96. The van der Waals surface area contributed by atoms with E-state index in [0.717, 1.165) is 10.0 Å². The maximum Gasteiger partial charge on any atom is 0.162 e. The molecule has 12 heavy (non-hydrogen) atoms. The van der Waals surface area contributed by atoms with Gasteiger partial charge < -0.3 is 0 Å². The lowest BCUT2D eigenvalue weighted by atomic mass is 10.1. The average Bonchev–Trinajstić information content (AvgIpc) is 1.97. The number of Topliss-reactive ketones (excluding diaryl/α,β-unsaturated/α-hetero) is 1. The monoisotopic (exact) mass is 246 g/mol. The van der Waals surface area contributed by atoms with Crippen LogP contribution in [0.15, 0.2) is 16.6 Å². The van der Waals surface area contributed by atoms with Crippen molar-refractivity contribution in [1.29, 1.82) is 0 Å². The van der Waals surface area contributed by atoms with Crippen molar-refractivity contribution in [2.75, 3.05) is 0 Å². The van der Waals surface area contributed by atoms with E-state index in [0.29, 0.717) is 10.6 Å². The number of aryl methyl sites for hydroxylation is 1. The van der Waals surface area contributed by atoms with E-state index >= 15 is 0 Å². The van der Waals surface area contributed by atoms with E-state index in [4.69, 9.17) is 11.6 Å². The summed E-state index contributed by atoms with van der Waals surface area (Å²) in [5, 5.41) is 0.539. The predicted octanol–water partition coefficient (Wildman–Crippen LogP) is 3.61. The number of rotatable bonds is 1. The Hall–Kier alpha value is -0.340. The number of carbonyl (C=O) groups excluding carboxylic acids is 1. The summed E-state index contributed by atoms with van der Waals surface area (Å²) < 4.78 is 0.755. The van der Waals surface area contributed by atoms with Gasteiger partial charge in [-0.1, -0.05) is 17.7 Å². The largest absolute Gasteiger partial charge is 0.294 e. The minimum atomic E-state index is -0.0180. The summed E-state index contributed by atoms with van der Waals surface area (Å²) in [6.07, 6.45) is 0. The standard InChI is InChI=1S/C9H8BrClO/c1-5-3-4-7(10)8(6(2)12)9(5)11/h3-4H,1-2H3. The minimum absolute atomic E-state index is 0.0180. The first-order chi connectivity index (χ1) is 5.54. The molecule has 1 nitrogen and oxygen atoms in total. The van der Waals surface area contributed by atoms with E-state index in [1.165, 1.54) is 6.92 Å². The highest BCUT2D eigenvalue weighted by Gasteiger charge is 2.11. The highest BCUT2D eigenvalue weighted by Crippen LogP contribution is 2.28. The Morgan fingerprint density at radius 3 is 2.50 bits per heavy atom. The highest BCUT2D eigenvalue weighted by molar-refractivity contribution is 9.10. The van der Waals surface area contributed by atoms with E-state index in [2.05, 4.69) is 15.9 Å². The number of carbonyl (C=O) groups is 1. The minimum Gasteiger partial charge on any atom is -0.294 e. The van der Waals surface area contributed by atoms with Gasteiger partial charge in [-0.05, 0) is 41.4 Å². The molecule has 0 saturated heterocycles. The zero-order chi connectivity index (χ0) is 9.30. The normalized spacial score (nSPS) is 10.0. The first kappa shape index (κ1) is 9.75. The van der Waals surface area contributed by atoms with Crippen LogP contribution >= 0.6 is 27.5 Å². The predicted molar refractivity (Wildman–Crippen MR) is 53.9 cm³/mol. The topological polar surface area (TPSA) is 17.1 Å². The van der Waals surface area contributed by atoms with Crippen molar-refractivity contribution in [2.24, 2.45) is 0 Å². The molecule has 0 spiro atoms. The molecule has 0 aliphatic rings. The fourth-order valence-electron chi connectivity index (χ4n) is 0.979. The lowest BCUT2D eigenvalue weighted by Gasteiger charge is -2.05. The van der Waals surface area contributed by atoms with Crippen LogP contribution in [0, 0.1) is 6.92 Å². The van der Waals surface area contributed by atoms with Crippen molar-refractivity contribution in [1.82, 2.24) is 0 Å².